The molecular weight excluding hydrogens is 400 g/mol. The number of hydrogen-bond acceptors (Lipinski definition) is 8. The molecule has 0 unspecified atom stereocenters. The summed E-state index contributed by atoms with van der Waals surface area (Å²) in [7, 11) is -3.44. The fourth-order valence-corrected chi connectivity index (χ4v) is 3.77. The zero-order chi connectivity index (χ0) is 21.3. The van der Waals surface area contributed by atoms with Gasteiger partial charge in [-0.25, -0.2) is 13.2 Å². The van der Waals surface area contributed by atoms with Gasteiger partial charge in [-0.05, 0) is 32.4 Å². The molecule has 2 aromatic rings. The van der Waals surface area contributed by atoms with Crippen LogP contribution in [0, 0.1) is 13.8 Å². The van der Waals surface area contributed by atoms with Gasteiger partial charge in [-0.15, -0.1) is 0 Å². The molecule has 0 spiro atoms. The van der Waals surface area contributed by atoms with E-state index in [1.807, 2.05) is 0 Å². The average Bonchev–Trinajstić information content (AvgIpc) is 3.11. The van der Waals surface area contributed by atoms with Crippen LogP contribution in [0.3, 0.4) is 0 Å². The third kappa shape index (κ3) is 4.21. The standard InChI is InChI=1S/C19H20N2O7S/c1-11-15(12(2)28-20-11)10-27-19(24)16(8-9-29(3,25)26)21-17(22)13-6-4-5-7-14(13)18(21)23/h4-7,16H,8-10H2,1-3H3/t16-/m1/s1. The van der Waals surface area contributed by atoms with E-state index in [9.17, 15) is 22.8 Å². The first-order chi connectivity index (χ1) is 13.6. The van der Waals surface area contributed by atoms with E-state index >= 15 is 0 Å². The van der Waals surface area contributed by atoms with Gasteiger partial charge in [-0.2, -0.15) is 0 Å². The molecule has 10 heteroatoms. The van der Waals surface area contributed by atoms with Crippen LogP contribution in [0.1, 0.15) is 44.2 Å². The van der Waals surface area contributed by atoms with E-state index in [4.69, 9.17) is 9.26 Å². The predicted molar refractivity (Wildman–Crippen MR) is 101 cm³/mol. The Hall–Kier alpha value is -3.01. The summed E-state index contributed by atoms with van der Waals surface area (Å²) in [6.45, 7) is 3.18. The van der Waals surface area contributed by atoms with E-state index in [1.54, 1.807) is 26.0 Å². The van der Waals surface area contributed by atoms with Crippen LogP contribution in [0.25, 0.3) is 0 Å². The quantitative estimate of drug-likeness (QED) is 0.487. The summed E-state index contributed by atoms with van der Waals surface area (Å²) in [5.74, 6) is -2.09. The number of aromatic nitrogens is 1. The number of carbonyl (C=O) groups excluding carboxylic acids is 3. The van der Waals surface area contributed by atoms with Crippen LogP contribution in [0.4, 0.5) is 0 Å². The third-order valence-electron chi connectivity index (χ3n) is 4.71. The summed E-state index contributed by atoms with van der Waals surface area (Å²) in [5, 5.41) is 3.77. The first kappa shape index (κ1) is 20.7. The van der Waals surface area contributed by atoms with Gasteiger partial charge in [0.2, 0.25) is 0 Å². The minimum Gasteiger partial charge on any atom is -0.459 e. The number of hydrogen-bond donors (Lipinski definition) is 0. The summed E-state index contributed by atoms with van der Waals surface area (Å²) < 4.78 is 33.6. The molecule has 1 aromatic heterocycles. The van der Waals surface area contributed by atoms with Crippen LogP contribution >= 0.6 is 0 Å². The van der Waals surface area contributed by atoms with Crippen LogP contribution in [0.2, 0.25) is 0 Å². The van der Waals surface area contributed by atoms with Crippen molar-refractivity contribution in [3.05, 3.63) is 52.4 Å². The number of ether oxygens (including phenoxy) is 1. The molecule has 0 aliphatic carbocycles. The van der Waals surface area contributed by atoms with Crippen molar-refractivity contribution in [3.8, 4) is 0 Å². The lowest BCUT2D eigenvalue weighted by molar-refractivity contribution is -0.149. The zero-order valence-corrected chi connectivity index (χ0v) is 17.0. The number of imide groups is 1. The number of amides is 2. The van der Waals surface area contributed by atoms with E-state index in [0.29, 0.717) is 17.0 Å². The molecule has 2 heterocycles. The number of esters is 1. The first-order valence-corrected chi connectivity index (χ1v) is 10.9. The van der Waals surface area contributed by atoms with Gasteiger partial charge in [-0.3, -0.25) is 14.5 Å². The lowest BCUT2D eigenvalue weighted by atomic mass is 10.1. The Morgan fingerprint density at radius 1 is 1.17 bits per heavy atom. The predicted octanol–water partition coefficient (Wildman–Crippen LogP) is 1.43. The number of carbonyl (C=O) groups is 3. The fourth-order valence-electron chi connectivity index (χ4n) is 3.12. The van der Waals surface area contributed by atoms with Gasteiger partial charge < -0.3 is 9.26 Å². The van der Waals surface area contributed by atoms with Crippen LogP contribution in [0.5, 0.6) is 0 Å². The van der Waals surface area contributed by atoms with Gasteiger partial charge in [-0.1, -0.05) is 17.3 Å². The monoisotopic (exact) mass is 420 g/mol. The van der Waals surface area contributed by atoms with Gasteiger partial charge in [0.1, 0.15) is 28.2 Å². The van der Waals surface area contributed by atoms with Crippen molar-refractivity contribution in [1.82, 2.24) is 10.1 Å². The summed E-state index contributed by atoms with van der Waals surface area (Å²) in [5.41, 5.74) is 1.45. The summed E-state index contributed by atoms with van der Waals surface area (Å²) in [6.07, 6.45) is 0.756. The molecule has 0 fully saturated rings. The lowest BCUT2D eigenvalue weighted by Crippen LogP contribution is -2.46. The van der Waals surface area contributed by atoms with Crippen molar-refractivity contribution in [2.75, 3.05) is 12.0 Å². The molecule has 9 nitrogen and oxygen atoms in total. The molecule has 2 amide bonds. The van der Waals surface area contributed by atoms with Crippen LogP contribution in [0.15, 0.2) is 28.8 Å². The molecule has 0 radical (unpaired) electrons. The van der Waals surface area contributed by atoms with Crippen molar-refractivity contribution < 1.29 is 32.1 Å². The highest BCUT2D eigenvalue weighted by atomic mass is 32.2. The molecule has 1 aliphatic rings. The average molecular weight is 420 g/mol. The number of nitrogens with zero attached hydrogens (tertiary/aromatic N) is 2. The maximum absolute atomic E-state index is 12.8. The van der Waals surface area contributed by atoms with Gasteiger partial charge in [0.05, 0.1) is 28.1 Å². The molecule has 1 atom stereocenters. The topological polar surface area (TPSA) is 124 Å². The Labute approximate surface area is 167 Å². The Balaban J connectivity index is 1.86. The minimum absolute atomic E-state index is 0.167. The molecule has 3 rings (SSSR count). The van der Waals surface area contributed by atoms with Crippen LogP contribution < -0.4 is 0 Å². The smallest absolute Gasteiger partial charge is 0.329 e. The molecule has 29 heavy (non-hydrogen) atoms. The highest BCUT2D eigenvalue weighted by Gasteiger charge is 2.43. The van der Waals surface area contributed by atoms with Gasteiger partial charge in [0.25, 0.3) is 11.8 Å². The van der Waals surface area contributed by atoms with E-state index in [0.717, 1.165) is 11.2 Å². The molecular formula is C19H20N2O7S. The second kappa shape index (κ2) is 7.78. The lowest BCUT2D eigenvalue weighted by Gasteiger charge is -2.24. The Morgan fingerprint density at radius 3 is 2.24 bits per heavy atom. The summed E-state index contributed by atoms with van der Waals surface area (Å²) >= 11 is 0. The van der Waals surface area contributed by atoms with Gasteiger partial charge in [0.15, 0.2) is 0 Å². The molecule has 1 aliphatic heterocycles. The van der Waals surface area contributed by atoms with E-state index in [2.05, 4.69) is 5.16 Å². The van der Waals surface area contributed by atoms with Crippen molar-refractivity contribution in [2.24, 2.45) is 0 Å². The molecule has 1 aromatic carbocycles. The molecule has 0 bridgehead atoms. The SMILES string of the molecule is Cc1noc(C)c1COC(=O)[C@@H](CCS(C)(=O)=O)N1C(=O)c2ccccc2C1=O. The minimum atomic E-state index is -3.44. The highest BCUT2D eigenvalue weighted by molar-refractivity contribution is 7.90. The van der Waals surface area contributed by atoms with Crippen LogP contribution in [-0.4, -0.2) is 54.3 Å². The Morgan fingerprint density at radius 2 is 1.76 bits per heavy atom. The number of benzene rings is 1. The zero-order valence-electron chi connectivity index (χ0n) is 16.2. The molecule has 0 N–H and O–H groups in total. The van der Waals surface area contributed by atoms with E-state index in [1.165, 1.54) is 12.1 Å². The maximum Gasteiger partial charge on any atom is 0.329 e. The van der Waals surface area contributed by atoms with Crippen LogP contribution in [-0.2, 0) is 26.0 Å². The summed E-state index contributed by atoms with van der Waals surface area (Å²) in [4.78, 5) is 39.1. The van der Waals surface area contributed by atoms with Gasteiger partial charge >= 0.3 is 5.97 Å². The number of rotatable bonds is 7. The molecule has 154 valence electrons. The summed E-state index contributed by atoms with van der Waals surface area (Å²) in [6, 6.07) is 4.82. The van der Waals surface area contributed by atoms with Crippen molar-refractivity contribution in [1.29, 1.82) is 0 Å². The molecule has 0 saturated carbocycles. The first-order valence-electron chi connectivity index (χ1n) is 8.83. The maximum atomic E-state index is 12.8. The third-order valence-corrected chi connectivity index (χ3v) is 5.69. The second-order valence-corrected chi connectivity index (χ2v) is 9.13. The largest absolute Gasteiger partial charge is 0.459 e. The van der Waals surface area contributed by atoms with Crippen molar-refractivity contribution in [3.63, 3.8) is 0 Å². The highest BCUT2D eigenvalue weighted by Crippen LogP contribution is 2.26. The Kier molecular flexibility index (Phi) is 5.56. The second-order valence-electron chi connectivity index (χ2n) is 6.87. The van der Waals surface area contributed by atoms with E-state index in [-0.39, 0.29) is 29.9 Å². The number of aryl methyl sites for hydroxylation is 2. The van der Waals surface area contributed by atoms with E-state index < -0.39 is 33.7 Å². The number of fused-ring (bicyclic) bond motifs is 1. The fraction of sp³-hybridized carbons (Fsp3) is 0.368. The normalized spacial score (nSPS) is 14.8. The van der Waals surface area contributed by atoms with Crippen molar-refractivity contribution in [2.45, 2.75) is 32.9 Å². The van der Waals surface area contributed by atoms with Gasteiger partial charge in [0, 0.05) is 6.26 Å². The molecule has 0 saturated heterocycles. The Bertz CT molecular complexity index is 1030. The van der Waals surface area contributed by atoms with Crippen molar-refractivity contribution >= 4 is 27.6 Å². The number of sulfone groups is 1.